The predicted octanol–water partition coefficient (Wildman–Crippen LogP) is 0.992. The summed E-state index contributed by atoms with van der Waals surface area (Å²) < 4.78 is 0. The summed E-state index contributed by atoms with van der Waals surface area (Å²) in [6.45, 7) is 0.852. The number of nitrogens with zero attached hydrogens (tertiary/aromatic N) is 2. The first kappa shape index (κ1) is 13.8. The quantitative estimate of drug-likeness (QED) is 0.815. The third-order valence-corrected chi connectivity index (χ3v) is 2.77. The lowest BCUT2D eigenvalue weighted by molar-refractivity contribution is 0.0785. The Hall–Kier alpha value is -2.58. The molecule has 2 rings (SSSR count). The maximum Gasteiger partial charge on any atom is 0.257 e. The van der Waals surface area contributed by atoms with Crippen LogP contribution in [-0.2, 0) is 6.54 Å². The summed E-state index contributed by atoms with van der Waals surface area (Å²) in [5.41, 5.74) is 7.82. The van der Waals surface area contributed by atoms with E-state index in [0.717, 1.165) is 11.1 Å². The number of amides is 1. The second-order valence-electron chi connectivity index (χ2n) is 4.35. The summed E-state index contributed by atoms with van der Waals surface area (Å²) in [5.74, 6) is 5.72. The van der Waals surface area contributed by atoms with E-state index >= 15 is 0 Å². The largest absolute Gasteiger partial charge is 0.337 e. The van der Waals surface area contributed by atoms with Crippen LogP contribution in [0.5, 0.6) is 0 Å². The summed E-state index contributed by atoms with van der Waals surface area (Å²) in [6, 6.07) is 7.77. The molecule has 3 N–H and O–H groups in total. The fourth-order valence-corrected chi connectivity index (χ4v) is 1.83. The Labute approximate surface area is 117 Å². The highest BCUT2D eigenvalue weighted by atomic mass is 16.2. The number of H-pyrrole nitrogens is 1. The number of aromatic nitrogens is 2. The lowest BCUT2D eigenvalue weighted by Gasteiger charge is -2.16. The molecule has 0 spiro atoms. The van der Waals surface area contributed by atoms with Gasteiger partial charge in [-0.1, -0.05) is 24.0 Å². The first-order valence-electron chi connectivity index (χ1n) is 6.23. The average Bonchev–Trinajstić information content (AvgIpc) is 2.98. The van der Waals surface area contributed by atoms with E-state index < -0.39 is 0 Å². The van der Waals surface area contributed by atoms with Crippen LogP contribution in [0.15, 0.2) is 36.7 Å². The zero-order valence-electron chi connectivity index (χ0n) is 11.3. The van der Waals surface area contributed by atoms with Crippen molar-refractivity contribution in [2.75, 3.05) is 13.6 Å². The van der Waals surface area contributed by atoms with Gasteiger partial charge in [-0.2, -0.15) is 5.10 Å². The fourth-order valence-electron chi connectivity index (χ4n) is 1.83. The SMILES string of the molecule is CN(Cc1cccc(C#CCN)c1)C(=O)c1cn[nH]c1. The number of carbonyl (C=O) groups is 1. The van der Waals surface area contributed by atoms with Gasteiger partial charge in [0.05, 0.1) is 18.3 Å². The molecule has 0 aliphatic heterocycles. The Kier molecular flexibility index (Phi) is 4.53. The number of hydrogen-bond donors (Lipinski definition) is 2. The number of nitrogens with two attached hydrogens (primary N) is 1. The van der Waals surface area contributed by atoms with Crippen molar-refractivity contribution in [1.82, 2.24) is 15.1 Å². The average molecular weight is 268 g/mol. The molecule has 0 bridgehead atoms. The van der Waals surface area contributed by atoms with Gasteiger partial charge in [0.25, 0.3) is 5.91 Å². The van der Waals surface area contributed by atoms with Crippen LogP contribution in [0.2, 0.25) is 0 Å². The molecule has 0 saturated carbocycles. The number of benzene rings is 1. The van der Waals surface area contributed by atoms with Gasteiger partial charge >= 0.3 is 0 Å². The second-order valence-corrected chi connectivity index (χ2v) is 4.35. The van der Waals surface area contributed by atoms with Gasteiger partial charge in [-0.25, -0.2) is 0 Å². The van der Waals surface area contributed by atoms with Crippen molar-refractivity contribution in [2.45, 2.75) is 6.54 Å². The molecule has 1 heterocycles. The molecule has 0 aliphatic rings. The first-order valence-corrected chi connectivity index (χ1v) is 6.23. The van der Waals surface area contributed by atoms with Gasteiger partial charge in [-0.3, -0.25) is 9.89 Å². The van der Waals surface area contributed by atoms with Crippen molar-refractivity contribution in [3.05, 3.63) is 53.3 Å². The summed E-state index contributed by atoms with van der Waals surface area (Å²) in [5, 5.41) is 6.41. The minimum absolute atomic E-state index is 0.0720. The predicted molar refractivity (Wildman–Crippen MR) is 76.8 cm³/mol. The zero-order valence-corrected chi connectivity index (χ0v) is 11.3. The molecule has 5 heteroatoms. The molecular formula is C15H16N4O. The molecule has 0 radical (unpaired) electrons. The van der Waals surface area contributed by atoms with Crippen LogP contribution in [0.25, 0.3) is 0 Å². The van der Waals surface area contributed by atoms with Crippen LogP contribution in [0, 0.1) is 11.8 Å². The standard InChI is InChI=1S/C15H16N4O/c1-19(15(20)14-9-17-18-10-14)11-13-5-2-4-12(8-13)6-3-7-16/h2,4-5,8-10H,7,11,16H2,1H3,(H,17,18). The van der Waals surface area contributed by atoms with Crippen LogP contribution >= 0.6 is 0 Å². The van der Waals surface area contributed by atoms with E-state index in [1.54, 1.807) is 18.1 Å². The molecule has 0 fully saturated rings. The zero-order chi connectivity index (χ0) is 14.4. The van der Waals surface area contributed by atoms with Gasteiger partial charge in [0, 0.05) is 25.4 Å². The summed E-state index contributed by atoms with van der Waals surface area (Å²) in [4.78, 5) is 13.7. The van der Waals surface area contributed by atoms with Crippen molar-refractivity contribution in [3.63, 3.8) is 0 Å². The van der Waals surface area contributed by atoms with Gasteiger partial charge in [-0.05, 0) is 17.7 Å². The van der Waals surface area contributed by atoms with Crippen LogP contribution in [-0.4, -0.2) is 34.6 Å². The van der Waals surface area contributed by atoms with E-state index in [1.165, 1.54) is 6.20 Å². The van der Waals surface area contributed by atoms with Gasteiger partial charge in [0.15, 0.2) is 0 Å². The van der Waals surface area contributed by atoms with Crippen molar-refractivity contribution >= 4 is 5.91 Å². The molecule has 102 valence electrons. The maximum absolute atomic E-state index is 12.1. The van der Waals surface area contributed by atoms with Crippen molar-refractivity contribution < 1.29 is 4.79 Å². The third kappa shape index (κ3) is 3.46. The van der Waals surface area contributed by atoms with Gasteiger partial charge in [0.1, 0.15) is 0 Å². The number of nitrogens with one attached hydrogen (secondary N) is 1. The molecule has 1 amide bonds. The fraction of sp³-hybridized carbons (Fsp3) is 0.200. The molecule has 0 saturated heterocycles. The van der Waals surface area contributed by atoms with Crippen molar-refractivity contribution in [3.8, 4) is 11.8 Å². The molecule has 0 unspecified atom stereocenters. The van der Waals surface area contributed by atoms with Gasteiger partial charge in [0.2, 0.25) is 0 Å². The molecule has 20 heavy (non-hydrogen) atoms. The molecule has 2 aromatic rings. The molecule has 1 aromatic heterocycles. The Morgan fingerprint density at radius 1 is 1.50 bits per heavy atom. The summed E-state index contributed by atoms with van der Waals surface area (Å²) in [6.07, 6.45) is 3.10. The van der Waals surface area contributed by atoms with Gasteiger partial charge < -0.3 is 10.6 Å². The smallest absolute Gasteiger partial charge is 0.257 e. The van der Waals surface area contributed by atoms with E-state index in [0.29, 0.717) is 18.7 Å². The highest BCUT2D eigenvalue weighted by molar-refractivity contribution is 5.93. The normalized spacial score (nSPS) is 9.70. The topological polar surface area (TPSA) is 75.0 Å². The minimum atomic E-state index is -0.0720. The van der Waals surface area contributed by atoms with Crippen LogP contribution < -0.4 is 5.73 Å². The van der Waals surface area contributed by atoms with E-state index in [2.05, 4.69) is 22.0 Å². The van der Waals surface area contributed by atoms with E-state index in [1.807, 2.05) is 24.3 Å². The van der Waals surface area contributed by atoms with Crippen LogP contribution in [0.3, 0.4) is 0 Å². The van der Waals surface area contributed by atoms with Gasteiger partial charge in [-0.15, -0.1) is 0 Å². The van der Waals surface area contributed by atoms with Crippen LogP contribution in [0.1, 0.15) is 21.5 Å². The highest BCUT2D eigenvalue weighted by Crippen LogP contribution is 2.09. The monoisotopic (exact) mass is 268 g/mol. The van der Waals surface area contributed by atoms with E-state index in [4.69, 9.17) is 5.73 Å². The Morgan fingerprint density at radius 2 is 2.35 bits per heavy atom. The number of carbonyl (C=O) groups excluding carboxylic acids is 1. The maximum atomic E-state index is 12.1. The lowest BCUT2D eigenvalue weighted by atomic mass is 10.1. The molecular weight excluding hydrogens is 252 g/mol. The summed E-state index contributed by atoms with van der Waals surface area (Å²) >= 11 is 0. The molecule has 0 aliphatic carbocycles. The Balaban J connectivity index is 2.08. The van der Waals surface area contributed by atoms with E-state index in [9.17, 15) is 4.79 Å². The second kappa shape index (κ2) is 6.55. The first-order chi connectivity index (χ1) is 9.70. The number of aromatic amines is 1. The minimum Gasteiger partial charge on any atom is -0.337 e. The van der Waals surface area contributed by atoms with Crippen LogP contribution in [0.4, 0.5) is 0 Å². The third-order valence-electron chi connectivity index (χ3n) is 2.77. The van der Waals surface area contributed by atoms with E-state index in [-0.39, 0.29) is 5.91 Å². The molecule has 5 nitrogen and oxygen atoms in total. The van der Waals surface area contributed by atoms with Crippen molar-refractivity contribution in [2.24, 2.45) is 5.73 Å². The highest BCUT2D eigenvalue weighted by Gasteiger charge is 2.12. The number of hydrogen-bond acceptors (Lipinski definition) is 3. The Bertz CT molecular complexity index is 637. The summed E-state index contributed by atoms with van der Waals surface area (Å²) in [7, 11) is 1.76. The molecule has 0 atom stereocenters. The Morgan fingerprint density at radius 3 is 3.05 bits per heavy atom. The number of rotatable bonds is 3. The van der Waals surface area contributed by atoms with Crippen molar-refractivity contribution in [1.29, 1.82) is 0 Å². The molecule has 1 aromatic carbocycles. The lowest BCUT2D eigenvalue weighted by Crippen LogP contribution is -2.25.